The maximum atomic E-state index is 12.0. The molecule has 2 amide bonds. The van der Waals surface area contributed by atoms with Crippen LogP contribution in [0.4, 0.5) is 18.0 Å². The first-order chi connectivity index (χ1) is 9.11. The van der Waals surface area contributed by atoms with E-state index >= 15 is 0 Å². The van der Waals surface area contributed by atoms with Crippen molar-refractivity contribution in [1.29, 1.82) is 0 Å². The van der Waals surface area contributed by atoms with Crippen LogP contribution in [0.15, 0.2) is 0 Å². The number of hydrogen-bond acceptors (Lipinski definition) is 3. The number of alkyl halides is 3. The average molecular weight is 295 g/mol. The van der Waals surface area contributed by atoms with Crippen LogP contribution in [0.2, 0.25) is 0 Å². The summed E-state index contributed by atoms with van der Waals surface area (Å²) < 4.78 is 41.1. The molecule has 1 fully saturated rings. The molecule has 0 unspecified atom stereocenters. The van der Waals surface area contributed by atoms with Crippen molar-refractivity contribution in [2.24, 2.45) is 17.8 Å². The van der Waals surface area contributed by atoms with Crippen LogP contribution in [-0.2, 0) is 9.53 Å². The minimum atomic E-state index is -5.09. The molecule has 0 radical (unpaired) electrons. The van der Waals surface area contributed by atoms with Gasteiger partial charge in [0.2, 0.25) is 0 Å². The van der Waals surface area contributed by atoms with Gasteiger partial charge >= 0.3 is 18.2 Å². The van der Waals surface area contributed by atoms with E-state index in [1.807, 2.05) is 20.8 Å². The lowest BCUT2D eigenvalue weighted by molar-refractivity contribution is -0.173. The van der Waals surface area contributed by atoms with Crippen LogP contribution < -0.4 is 5.32 Å². The quantitative estimate of drug-likeness (QED) is 0.850. The number of hydrogen-bond donors (Lipinski definition) is 1. The normalized spacial score (nSPS) is 27.2. The number of imide groups is 1. The summed E-state index contributed by atoms with van der Waals surface area (Å²) in [7, 11) is 0. The van der Waals surface area contributed by atoms with Gasteiger partial charge < -0.3 is 4.74 Å². The molecule has 7 heteroatoms. The van der Waals surface area contributed by atoms with Crippen LogP contribution in [0.5, 0.6) is 0 Å². The van der Waals surface area contributed by atoms with Crippen molar-refractivity contribution < 1.29 is 27.5 Å². The fraction of sp³-hybridized carbons (Fsp3) is 0.846. The number of halogens is 3. The van der Waals surface area contributed by atoms with Gasteiger partial charge in [-0.3, -0.25) is 10.1 Å². The van der Waals surface area contributed by atoms with Crippen LogP contribution in [0.3, 0.4) is 0 Å². The van der Waals surface area contributed by atoms with E-state index in [9.17, 15) is 22.8 Å². The summed E-state index contributed by atoms with van der Waals surface area (Å²) in [4.78, 5) is 22.0. The maximum absolute atomic E-state index is 12.0. The molecule has 20 heavy (non-hydrogen) atoms. The Morgan fingerprint density at radius 1 is 1.25 bits per heavy atom. The molecule has 116 valence electrons. The molecule has 0 aliphatic heterocycles. The summed E-state index contributed by atoms with van der Waals surface area (Å²) in [5.74, 6) is -1.58. The van der Waals surface area contributed by atoms with E-state index in [0.29, 0.717) is 12.3 Å². The molecular formula is C13H20F3NO3. The molecule has 0 bridgehead atoms. The Labute approximate surface area is 116 Å². The van der Waals surface area contributed by atoms with Gasteiger partial charge in [0, 0.05) is 0 Å². The molecule has 0 aromatic rings. The molecule has 1 N–H and O–H groups in total. The third-order valence-corrected chi connectivity index (χ3v) is 3.69. The molecule has 0 aromatic carbocycles. The highest BCUT2D eigenvalue weighted by Gasteiger charge is 2.41. The SMILES string of the molecule is CC(C)[C@@H]1CC[C@@H](C)C[C@@H]1OC(=O)NC(=O)C(F)(F)F. The number of carbonyl (C=O) groups excluding carboxylic acids is 2. The molecular weight excluding hydrogens is 275 g/mol. The van der Waals surface area contributed by atoms with Gasteiger partial charge in [-0.25, -0.2) is 4.79 Å². The first-order valence-corrected chi connectivity index (χ1v) is 6.70. The van der Waals surface area contributed by atoms with Crippen LogP contribution in [0.1, 0.15) is 40.0 Å². The average Bonchev–Trinajstić information content (AvgIpc) is 2.26. The van der Waals surface area contributed by atoms with Gasteiger partial charge in [0.15, 0.2) is 0 Å². The summed E-state index contributed by atoms with van der Waals surface area (Å²) in [5, 5.41) is 1.22. The van der Waals surface area contributed by atoms with Gasteiger partial charge in [-0.15, -0.1) is 0 Å². The van der Waals surface area contributed by atoms with E-state index < -0.39 is 24.3 Å². The van der Waals surface area contributed by atoms with Gasteiger partial charge in [0.1, 0.15) is 6.10 Å². The lowest BCUT2D eigenvalue weighted by Crippen LogP contribution is -2.44. The van der Waals surface area contributed by atoms with Crippen molar-refractivity contribution >= 4 is 12.0 Å². The van der Waals surface area contributed by atoms with E-state index in [1.54, 1.807) is 0 Å². The second kappa shape index (κ2) is 6.45. The van der Waals surface area contributed by atoms with Crippen LogP contribution in [0.25, 0.3) is 0 Å². The van der Waals surface area contributed by atoms with Gasteiger partial charge in [-0.2, -0.15) is 13.2 Å². The third-order valence-electron chi connectivity index (χ3n) is 3.69. The molecule has 1 aliphatic rings. The third kappa shape index (κ3) is 4.68. The van der Waals surface area contributed by atoms with Crippen molar-refractivity contribution in [3.63, 3.8) is 0 Å². The van der Waals surface area contributed by atoms with E-state index in [-0.39, 0.29) is 11.8 Å². The standard InChI is InChI=1S/C13H20F3NO3/c1-7(2)9-5-4-8(3)6-10(9)20-12(19)17-11(18)13(14,15)16/h7-10H,4-6H2,1-3H3,(H,17,18,19)/t8-,9+,10+/m1/s1. The second-order valence-electron chi connectivity index (χ2n) is 5.72. The predicted molar refractivity (Wildman–Crippen MR) is 65.8 cm³/mol. The molecule has 0 heterocycles. The number of ether oxygens (including phenoxy) is 1. The van der Waals surface area contributed by atoms with E-state index in [0.717, 1.165) is 12.8 Å². The highest BCUT2D eigenvalue weighted by atomic mass is 19.4. The fourth-order valence-corrected chi connectivity index (χ4v) is 2.58. The Kier molecular flexibility index (Phi) is 5.42. The minimum absolute atomic E-state index is 0.109. The predicted octanol–water partition coefficient (Wildman–Crippen LogP) is 3.26. The number of rotatable bonds is 2. The zero-order chi connectivity index (χ0) is 15.5. The molecule has 4 nitrogen and oxygen atoms in total. The summed E-state index contributed by atoms with van der Waals surface area (Å²) in [6.07, 6.45) is -4.38. The topological polar surface area (TPSA) is 55.4 Å². The van der Waals surface area contributed by atoms with Crippen LogP contribution in [0, 0.1) is 17.8 Å². The summed E-state index contributed by atoms with van der Waals surface area (Å²) >= 11 is 0. The first kappa shape index (κ1) is 16.8. The molecule has 1 rings (SSSR count). The van der Waals surface area contributed by atoms with Crippen molar-refractivity contribution in [1.82, 2.24) is 5.32 Å². The smallest absolute Gasteiger partial charge is 0.446 e. The summed E-state index contributed by atoms with van der Waals surface area (Å²) in [6.45, 7) is 5.97. The molecule has 1 saturated carbocycles. The Bertz CT molecular complexity index is 368. The highest BCUT2D eigenvalue weighted by Crippen LogP contribution is 2.35. The molecule has 0 aromatic heterocycles. The molecule has 1 aliphatic carbocycles. The molecule has 0 spiro atoms. The Morgan fingerprint density at radius 2 is 1.85 bits per heavy atom. The second-order valence-corrected chi connectivity index (χ2v) is 5.72. The van der Waals surface area contributed by atoms with Gasteiger partial charge in [0.25, 0.3) is 0 Å². The number of amides is 2. The zero-order valence-electron chi connectivity index (χ0n) is 11.8. The lowest BCUT2D eigenvalue weighted by Gasteiger charge is -2.36. The van der Waals surface area contributed by atoms with Crippen LogP contribution >= 0.6 is 0 Å². The minimum Gasteiger partial charge on any atom is -0.446 e. The highest BCUT2D eigenvalue weighted by molar-refractivity contribution is 5.94. The summed E-state index contributed by atoms with van der Waals surface area (Å²) in [6, 6.07) is 0. The zero-order valence-corrected chi connectivity index (χ0v) is 11.8. The van der Waals surface area contributed by atoms with E-state index in [2.05, 4.69) is 0 Å². The number of alkyl carbamates (subject to hydrolysis) is 1. The number of carbonyl (C=O) groups is 2. The van der Waals surface area contributed by atoms with E-state index in [4.69, 9.17) is 4.74 Å². The van der Waals surface area contributed by atoms with E-state index in [1.165, 1.54) is 5.32 Å². The fourth-order valence-electron chi connectivity index (χ4n) is 2.58. The Hall–Kier alpha value is -1.27. The lowest BCUT2D eigenvalue weighted by atomic mass is 9.75. The van der Waals surface area contributed by atoms with Crippen LogP contribution in [-0.4, -0.2) is 24.3 Å². The van der Waals surface area contributed by atoms with Crippen molar-refractivity contribution in [2.75, 3.05) is 0 Å². The number of nitrogens with one attached hydrogen (secondary N) is 1. The first-order valence-electron chi connectivity index (χ1n) is 6.70. The molecule has 0 saturated heterocycles. The van der Waals surface area contributed by atoms with Crippen molar-refractivity contribution in [3.8, 4) is 0 Å². The van der Waals surface area contributed by atoms with Gasteiger partial charge in [-0.1, -0.05) is 27.2 Å². The largest absolute Gasteiger partial charge is 0.471 e. The maximum Gasteiger partial charge on any atom is 0.471 e. The monoisotopic (exact) mass is 295 g/mol. The summed E-state index contributed by atoms with van der Waals surface area (Å²) in [5.41, 5.74) is 0. The van der Waals surface area contributed by atoms with Gasteiger partial charge in [0.05, 0.1) is 0 Å². The Morgan fingerprint density at radius 3 is 2.35 bits per heavy atom. The van der Waals surface area contributed by atoms with Crippen molar-refractivity contribution in [3.05, 3.63) is 0 Å². The molecule has 3 atom stereocenters. The van der Waals surface area contributed by atoms with Gasteiger partial charge in [-0.05, 0) is 30.6 Å². The van der Waals surface area contributed by atoms with Crippen molar-refractivity contribution in [2.45, 2.75) is 52.3 Å². The Balaban J connectivity index is 2.60.